The first kappa shape index (κ1) is 46.8. The van der Waals surface area contributed by atoms with Crippen molar-refractivity contribution in [2.45, 2.75) is 193 Å². The van der Waals surface area contributed by atoms with E-state index in [1.54, 1.807) is 36.5 Å². The highest BCUT2D eigenvalue weighted by Gasteiger charge is 2.16. The SMILES string of the molecule is CCCCC/C=C\C[C@H](O)/C=C/C=C/C=C\[C@H](O)CCCC(=O)O[C@@H](CO)COC(=O)CCCCCCCCCCCCCCCCCC. The van der Waals surface area contributed by atoms with E-state index in [1.807, 2.05) is 6.08 Å². The normalized spacial score (nSPS) is 14.0. The Hall–Kier alpha value is -2.22. The van der Waals surface area contributed by atoms with Gasteiger partial charge in [0.2, 0.25) is 0 Å². The predicted molar refractivity (Wildman–Crippen MR) is 203 cm³/mol. The standard InChI is InChI=1S/C42H74O7/c1-3-5-7-9-11-12-13-14-15-16-17-18-19-20-22-28-34-41(46)48-37-40(36-43)49-42(47)35-29-33-39(45)32-27-24-23-26-31-38(44)30-25-21-10-8-6-4-2/h21,23-27,31-32,38-40,43-45H,3-20,22,28-30,33-37H2,1-2H3/b24-23+,25-21-,31-26+,32-27-/t38-,39-,40-/m0/s1. The van der Waals surface area contributed by atoms with Gasteiger partial charge in [-0.2, -0.15) is 0 Å². The van der Waals surface area contributed by atoms with Gasteiger partial charge in [-0.25, -0.2) is 0 Å². The van der Waals surface area contributed by atoms with E-state index in [0.29, 0.717) is 25.7 Å². The van der Waals surface area contributed by atoms with Crippen LogP contribution < -0.4 is 0 Å². The van der Waals surface area contributed by atoms with Crippen LogP contribution in [-0.2, 0) is 19.1 Å². The molecule has 0 saturated heterocycles. The van der Waals surface area contributed by atoms with Crippen LogP contribution >= 0.6 is 0 Å². The second-order valence-corrected chi connectivity index (χ2v) is 13.4. The molecule has 0 unspecified atom stereocenters. The van der Waals surface area contributed by atoms with Gasteiger partial charge in [0.15, 0.2) is 6.10 Å². The van der Waals surface area contributed by atoms with Crippen molar-refractivity contribution in [1.29, 1.82) is 0 Å². The number of rotatable bonds is 35. The summed E-state index contributed by atoms with van der Waals surface area (Å²) in [4.78, 5) is 24.3. The largest absolute Gasteiger partial charge is 0.462 e. The first-order valence-electron chi connectivity index (χ1n) is 19.9. The molecule has 0 bridgehead atoms. The van der Waals surface area contributed by atoms with Crippen LogP contribution in [0.5, 0.6) is 0 Å². The number of carbonyl (C=O) groups excluding carboxylic acids is 2. The smallest absolute Gasteiger partial charge is 0.306 e. The van der Waals surface area contributed by atoms with Gasteiger partial charge in [0.25, 0.3) is 0 Å². The monoisotopic (exact) mass is 691 g/mol. The summed E-state index contributed by atoms with van der Waals surface area (Å²) in [6.45, 7) is 3.87. The van der Waals surface area contributed by atoms with Gasteiger partial charge in [-0.3, -0.25) is 9.59 Å². The van der Waals surface area contributed by atoms with Crippen LogP contribution in [-0.4, -0.2) is 58.8 Å². The molecule has 0 aliphatic rings. The third-order valence-corrected chi connectivity index (χ3v) is 8.57. The second kappa shape index (κ2) is 37.0. The molecule has 0 aliphatic heterocycles. The minimum atomic E-state index is -0.884. The van der Waals surface area contributed by atoms with Gasteiger partial charge in [-0.05, 0) is 38.5 Å². The molecule has 0 aromatic heterocycles. The Morgan fingerprint density at radius 2 is 1.06 bits per heavy atom. The number of aliphatic hydroxyl groups excluding tert-OH is 3. The number of ether oxygens (including phenoxy) is 2. The first-order chi connectivity index (χ1) is 23.9. The lowest BCUT2D eigenvalue weighted by atomic mass is 10.0. The van der Waals surface area contributed by atoms with E-state index in [9.17, 15) is 24.9 Å². The zero-order chi connectivity index (χ0) is 36.0. The van der Waals surface area contributed by atoms with E-state index in [2.05, 4.69) is 19.9 Å². The van der Waals surface area contributed by atoms with Crippen molar-refractivity contribution in [1.82, 2.24) is 0 Å². The maximum atomic E-state index is 12.2. The van der Waals surface area contributed by atoms with E-state index >= 15 is 0 Å². The molecule has 0 aromatic rings. The summed E-state index contributed by atoms with van der Waals surface area (Å²) >= 11 is 0. The Morgan fingerprint density at radius 3 is 1.61 bits per heavy atom. The van der Waals surface area contributed by atoms with Crippen LogP contribution in [0.2, 0.25) is 0 Å². The highest BCUT2D eigenvalue weighted by molar-refractivity contribution is 5.70. The summed E-state index contributed by atoms with van der Waals surface area (Å²) in [6, 6.07) is 0. The summed E-state index contributed by atoms with van der Waals surface area (Å²) in [6.07, 6.45) is 39.4. The molecule has 0 spiro atoms. The quantitative estimate of drug-likeness (QED) is 0.0262. The second-order valence-electron chi connectivity index (χ2n) is 13.4. The van der Waals surface area contributed by atoms with Crippen molar-refractivity contribution in [3.05, 3.63) is 48.6 Å². The zero-order valence-corrected chi connectivity index (χ0v) is 31.4. The Bertz CT molecular complexity index is 863. The Labute approximate surface area is 300 Å². The average Bonchev–Trinajstić information content (AvgIpc) is 3.09. The molecule has 284 valence electrons. The lowest BCUT2D eigenvalue weighted by Crippen LogP contribution is -2.28. The summed E-state index contributed by atoms with van der Waals surface area (Å²) in [5.74, 6) is -0.829. The molecule has 0 saturated carbocycles. The third kappa shape index (κ3) is 35.4. The number of hydrogen-bond donors (Lipinski definition) is 3. The number of hydrogen-bond acceptors (Lipinski definition) is 7. The van der Waals surface area contributed by atoms with Crippen molar-refractivity contribution < 1.29 is 34.4 Å². The summed E-state index contributed by atoms with van der Waals surface area (Å²) in [5, 5.41) is 29.6. The average molecular weight is 691 g/mol. The molecule has 0 heterocycles. The summed E-state index contributed by atoms with van der Waals surface area (Å²) in [5.41, 5.74) is 0. The van der Waals surface area contributed by atoms with Crippen molar-refractivity contribution in [2.24, 2.45) is 0 Å². The molecule has 3 atom stereocenters. The van der Waals surface area contributed by atoms with Crippen molar-refractivity contribution >= 4 is 11.9 Å². The number of esters is 2. The van der Waals surface area contributed by atoms with Gasteiger partial charge >= 0.3 is 11.9 Å². The minimum absolute atomic E-state index is 0.0953. The van der Waals surface area contributed by atoms with E-state index in [1.165, 1.54) is 103 Å². The topological polar surface area (TPSA) is 113 Å². The Balaban J connectivity index is 3.82. The van der Waals surface area contributed by atoms with Gasteiger partial charge in [0, 0.05) is 12.8 Å². The van der Waals surface area contributed by atoms with Gasteiger partial charge in [0.1, 0.15) is 6.61 Å². The molecule has 0 fully saturated rings. The number of allylic oxidation sites excluding steroid dienone is 5. The van der Waals surface area contributed by atoms with Crippen LogP contribution in [0.15, 0.2) is 48.6 Å². The fraction of sp³-hybridized carbons (Fsp3) is 0.762. The maximum absolute atomic E-state index is 12.2. The Morgan fingerprint density at radius 1 is 0.571 bits per heavy atom. The van der Waals surface area contributed by atoms with Crippen LogP contribution in [0.3, 0.4) is 0 Å². The minimum Gasteiger partial charge on any atom is -0.462 e. The van der Waals surface area contributed by atoms with Crippen LogP contribution in [0.1, 0.15) is 174 Å². The van der Waals surface area contributed by atoms with Crippen LogP contribution in [0.25, 0.3) is 0 Å². The summed E-state index contributed by atoms with van der Waals surface area (Å²) in [7, 11) is 0. The van der Waals surface area contributed by atoms with Gasteiger partial charge < -0.3 is 24.8 Å². The molecule has 49 heavy (non-hydrogen) atoms. The molecule has 3 N–H and O–H groups in total. The lowest BCUT2D eigenvalue weighted by Gasteiger charge is -2.16. The highest BCUT2D eigenvalue weighted by atomic mass is 16.6. The third-order valence-electron chi connectivity index (χ3n) is 8.57. The fourth-order valence-corrected chi connectivity index (χ4v) is 5.45. The van der Waals surface area contributed by atoms with Crippen LogP contribution in [0.4, 0.5) is 0 Å². The molecule has 0 rings (SSSR count). The zero-order valence-electron chi connectivity index (χ0n) is 31.4. The molecule has 0 amide bonds. The highest BCUT2D eigenvalue weighted by Crippen LogP contribution is 2.14. The maximum Gasteiger partial charge on any atom is 0.306 e. The number of unbranched alkanes of at least 4 members (excludes halogenated alkanes) is 18. The first-order valence-corrected chi connectivity index (χ1v) is 19.9. The van der Waals surface area contributed by atoms with E-state index in [4.69, 9.17) is 9.47 Å². The molecule has 0 aromatic carbocycles. The van der Waals surface area contributed by atoms with E-state index < -0.39 is 30.9 Å². The van der Waals surface area contributed by atoms with Crippen LogP contribution in [0, 0.1) is 0 Å². The molecule has 7 nitrogen and oxygen atoms in total. The lowest BCUT2D eigenvalue weighted by molar-refractivity contribution is -0.161. The van der Waals surface area contributed by atoms with Gasteiger partial charge in [-0.15, -0.1) is 0 Å². The molecule has 0 radical (unpaired) electrons. The van der Waals surface area contributed by atoms with E-state index in [0.717, 1.165) is 25.7 Å². The molecular formula is C42H74O7. The van der Waals surface area contributed by atoms with Gasteiger partial charge in [0.05, 0.1) is 18.8 Å². The van der Waals surface area contributed by atoms with Gasteiger partial charge in [-0.1, -0.05) is 172 Å². The van der Waals surface area contributed by atoms with Crippen molar-refractivity contribution in [2.75, 3.05) is 13.2 Å². The summed E-state index contributed by atoms with van der Waals surface area (Å²) < 4.78 is 10.5. The number of aliphatic hydroxyl groups is 3. The molecule has 7 heteroatoms. The molecule has 0 aliphatic carbocycles. The van der Waals surface area contributed by atoms with E-state index in [-0.39, 0.29) is 19.0 Å². The molecular weight excluding hydrogens is 616 g/mol. The van der Waals surface area contributed by atoms with Crippen molar-refractivity contribution in [3.8, 4) is 0 Å². The fourth-order valence-electron chi connectivity index (χ4n) is 5.45. The number of carbonyl (C=O) groups is 2. The van der Waals surface area contributed by atoms with Crippen molar-refractivity contribution in [3.63, 3.8) is 0 Å². The predicted octanol–water partition coefficient (Wildman–Crippen LogP) is 10.2. The Kier molecular flexibility index (Phi) is 35.4.